The summed E-state index contributed by atoms with van der Waals surface area (Å²) in [7, 11) is 0. The average Bonchev–Trinajstić information content (AvgIpc) is 2.29. The molecule has 0 aromatic carbocycles. The molecule has 0 atom stereocenters. The Morgan fingerprint density at radius 3 is 2.65 bits per heavy atom. The molecule has 1 aromatic heterocycles. The lowest BCUT2D eigenvalue weighted by Crippen LogP contribution is -2.25. The second kappa shape index (κ2) is 6.23. The summed E-state index contributed by atoms with van der Waals surface area (Å²) < 4.78 is 0. The highest BCUT2D eigenvalue weighted by Crippen LogP contribution is 2.15. The summed E-state index contributed by atoms with van der Waals surface area (Å²) in [6.07, 6.45) is 2.32. The highest BCUT2D eigenvalue weighted by atomic mass is 15.2. The van der Waals surface area contributed by atoms with Crippen LogP contribution in [0.1, 0.15) is 37.9 Å². The molecule has 0 unspecified atom stereocenters. The minimum atomic E-state index is 0.100. The molecule has 17 heavy (non-hydrogen) atoms. The summed E-state index contributed by atoms with van der Waals surface area (Å²) in [6.45, 7) is 8.16. The van der Waals surface area contributed by atoms with E-state index < -0.39 is 0 Å². The first kappa shape index (κ1) is 13.5. The van der Waals surface area contributed by atoms with Crippen LogP contribution in [0.3, 0.4) is 0 Å². The second-order valence-corrected chi connectivity index (χ2v) is 4.20. The number of amidine groups is 1. The van der Waals surface area contributed by atoms with Crippen molar-refractivity contribution in [1.29, 1.82) is 5.41 Å². The molecule has 0 spiro atoms. The molecule has 1 heterocycles. The van der Waals surface area contributed by atoms with Crippen molar-refractivity contribution in [2.24, 2.45) is 5.73 Å². The summed E-state index contributed by atoms with van der Waals surface area (Å²) in [5.41, 5.74) is 7.19. The quantitative estimate of drug-likeness (QED) is 0.586. The molecule has 0 aliphatic rings. The number of nitrogen functional groups attached to an aromatic ring is 1. The Labute approximate surface area is 103 Å². The summed E-state index contributed by atoms with van der Waals surface area (Å²) in [5.74, 6) is 1.02. The maximum Gasteiger partial charge on any atom is 0.129 e. The summed E-state index contributed by atoms with van der Waals surface area (Å²) in [5, 5.41) is 7.50. The molecule has 3 N–H and O–H groups in total. The van der Waals surface area contributed by atoms with E-state index in [0.717, 1.165) is 36.6 Å². The molecule has 0 amide bonds. The van der Waals surface area contributed by atoms with E-state index in [9.17, 15) is 0 Å². The number of nitrogens with two attached hydrogens (primary N) is 1. The van der Waals surface area contributed by atoms with Crippen LogP contribution in [0.25, 0.3) is 0 Å². The van der Waals surface area contributed by atoms with Gasteiger partial charge in [-0.05, 0) is 32.4 Å². The second-order valence-electron chi connectivity index (χ2n) is 4.20. The van der Waals surface area contributed by atoms with Gasteiger partial charge < -0.3 is 10.6 Å². The average molecular weight is 234 g/mol. The number of aryl methyl sites for hydroxylation is 1. The molecule has 0 saturated carbocycles. The van der Waals surface area contributed by atoms with Gasteiger partial charge in [-0.25, -0.2) is 4.98 Å². The summed E-state index contributed by atoms with van der Waals surface area (Å²) in [4.78, 5) is 6.74. The zero-order valence-electron chi connectivity index (χ0n) is 11.0. The molecular weight excluding hydrogens is 212 g/mol. The first-order valence-corrected chi connectivity index (χ1v) is 6.16. The SMILES string of the molecule is CCCCN(CC)c1cc(C(=N)N)cc(C)n1. The van der Waals surface area contributed by atoms with E-state index in [4.69, 9.17) is 11.1 Å². The molecule has 0 aliphatic heterocycles. The molecule has 94 valence electrons. The molecule has 0 radical (unpaired) electrons. The van der Waals surface area contributed by atoms with Crippen LogP contribution in [0.5, 0.6) is 0 Å². The number of hydrogen-bond acceptors (Lipinski definition) is 3. The number of aromatic nitrogens is 1. The third-order valence-corrected chi connectivity index (χ3v) is 2.74. The Balaban J connectivity index is 2.98. The predicted octanol–water partition coefficient (Wildman–Crippen LogP) is 2.30. The van der Waals surface area contributed by atoms with Crippen molar-refractivity contribution >= 4 is 11.7 Å². The van der Waals surface area contributed by atoms with Crippen molar-refractivity contribution in [3.05, 3.63) is 23.4 Å². The molecule has 0 aliphatic carbocycles. The van der Waals surface area contributed by atoms with Crippen molar-refractivity contribution in [3.8, 4) is 0 Å². The monoisotopic (exact) mass is 234 g/mol. The van der Waals surface area contributed by atoms with Crippen LogP contribution in [0.15, 0.2) is 12.1 Å². The zero-order valence-corrected chi connectivity index (χ0v) is 11.0. The van der Waals surface area contributed by atoms with Gasteiger partial charge in [0, 0.05) is 24.3 Å². The van der Waals surface area contributed by atoms with Gasteiger partial charge in [-0.3, -0.25) is 5.41 Å². The van der Waals surface area contributed by atoms with Gasteiger partial charge in [0.05, 0.1) is 0 Å². The molecular formula is C13H22N4. The van der Waals surface area contributed by atoms with E-state index in [1.165, 1.54) is 6.42 Å². The van der Waals surface area contributed by atoms with E-state index in [1.807, 2.05) is 19.1 Å². The molecule has 0 bridgehead atoms. The molecule has 0 saturated heterocycles. The van der Waals surface area contributed by atoms with Crippen LogP contribution in [0, 0.1) is 12.3 Å². The third-order valence-electron chi connectivity index (χ3n) is 2.74. The Hall–Kier alpha value is -1.58. The fourth-order valence-electron chi connectivity index (χ4n) is 1.75. The van der Waals surface area contributed by atoms with Gasteiger partial charge in [-0.1, -0.05) is 13.3 Å². The maximum atomic E-state index is 7.50. The zero-order chi connectivity index (χ0) is 12.8. The van der Waals surface area contributed by atoms with E-state index in [0.29, 0.717) is 0 Å². The minimum Gasteiger partial charge on any atom is -0.384 e. The maximum absolute atomic E-state index is 7.50. The lowest BCUT2D eigenvalue weighted by Gasteiger charge is -2.22. The first-order chi connectivity index (χ1) is 8.08. The van der Waals surface area contributed by atoms with E-state index in [-0.39, 0.29) is 5.84 Å². The van der Waals surface area contributed by atoms with Gasteiger partial charge in [0.1, 0.15) is 11.7 Å². The topological polar surface area (TPSA) is 66.0 Å². The predicted molar refractivity (Wildman–Crippen MR) is 72.8 cm³/mol. The largest absolute Gasteiger partial charge is 0.384 e. The lowest BCUT2D eigenvalue weighted by atomic mass is 10.2. The number of nitrogens with zero attached hydrogens (tertiary/aromatic N) is 2. The van der Waals surface area contributed by atoms with Crippen LogP contribution in [0.4, 0.5) is 5.82 Å². The Bertz CT molecular complexity index is 387. The van der Waals surface area contributed by atoms with Gasteiger partial charge in [0.15, 0.2) is 0 Å². The number of rotatable bonds is 6. The third kappa shape index (κ3) is 3.73. The van der Waals surface area contributed by atoms with Crippen LogP contribution in [-0.4, -0.2) is 23.9 Å². The first-order valence-electron chi connectivity index (χ1n) is 6.16. The molecule has 4 nitrogen and oxygen atoms in total. The fourth-order valence-corrected chi connectivity index (χ4v) is 1.75. The summed E-state index contributed by atoms with van der Waals surface area (Å²) >= 11 is 0. The van der Waals surface area contributed by atoms with Crippen LogP contribution in [0.2, 0.25) is 0 Å². The van der Waals surface area contributed by atoms with Gasteiger partial charge in [-0.15, -0.1) is 0 Å². The molecule has 1 rings (SSSR count). The highest BCUT2D eigenvalue weighted by molar-refractivity contribution is 5.95. The van der Waals surface area contributed by atoms with Crippen LogP contribution < -0.4 is 10.6 Å². The van der Waals surface area contributed by atoms with Crippen molar-refractivity contribution in [1.82, 2.24) is 4.98 Å². The number of unbranched alkanes of at least 4 members (excludes halogenated alkanes) is 1. The number of anilines is 1. The molecule has 0 fully saturated rings. The Morgan fingerprint density at radius 1 is 1.41 bits per heavy atom. The van der Waals surface area contributed by atoms with Crippen LogP contribution in [-0.2, 0) is 0 Å². The lowest BCUT2D eigenvalue weighted by molar-refractivity contribution is 0.723. The number of pyridine rings is 1. The van der Waals surface area contributed by atoms with Crippen molar-refractivity contribution < 1.29 is 0 Å². The Kier molecular flexibility index (Phi) is 4.94. The minimum absolute atomic E-state index is 0.100. The van der Waals surface area contributed by atoms with Crippen molar-refractivity contribution in [2.75, 3.05) is 18.0 Å². The van der Waals surface area contributed by atoms with Gasteiger partial charge >= 0.3 is 0 Å². The highest BCUT2D eigenvalue weighted by Gasteiger charge is 2.08. The molecule has 1 aromatic rings. The van der Waals surface area contributed by atoms with Gasteiger partial charge in [0.25, 0.3) is 0 Å². The standard InChI is InChI=1S/C13H22N4/c1-4-6-7-17(5-2)12-9-11(13(14)15)8-10(3)16-12/h8-9H,4-7H2,1-3H3,(H3,14,15). The smallest absolute Gasteiger partial charge is 0.129 e. The van der Waals surface area contributed by atoms with Gasteiger partial charge in [-0.2, -0.15) is 0 Å². The van der Waals surface area contributed by atoms with E-state index in [2.05, 4.69) is 23.7 Å². The molecule has 4 heteroatoms. The number of hydrogen-bond donors (Lipinski definition) is 2. The van der Waals surface area contributed by atoms with Crippen LogP contribution >= 0.6 is 0 Å². The Morgan fingerprint density at radius 2 is 2.12 bits per heavy atom. The summed E-state index contributed by atoms with van der Waals surface area (Å²) in [6, 6.07) is 3.74. The van der Waals surface area contributed by atoms with Gasteiger partial charge in [0.2, 0.25) is 0 Å². The fraction of sp³-hybridized carbons (Fsp3) is 0.538. The number of nitrogens with one attached hydrogen (secondary N) is 1. The van der Waals surface area contributed by atoms with E-state index in [1.54, 1.807) is 0 Å². The van der Waals surface area contributed by atoms with Crippen molar-refractivity contribution in [3.63, 3.8) is 0 Å². The van der Waals surface area contributed by atoms with E-state index >= 15 is 0 Å². The normalized spacial score (nSPS) is 10.3. The van der Waals surface area contributed by atoms with Crippen molar-refractivity contribution in [2.45, 2.75) is 33.6 Å².